The van der Waals surface area contributed by atoms with Gasteiger partial charge in [0.25, 0.3) is 5.56 Å². The molecule has 4 nitrogen and oxygen atoms in total. The Morgan fingerprint density at radius 2 is 2.05 bits per heavy atom. The fraction of sp³-hybridized carbons (Fsp3) is 0.143. The number of methoxy groups -OCH3 is 1. The van der Waals surface area contributed by atoms with Crippen LogP contribution >= 0.6 is 11.5 Å². The molecule has 0 amide bonds. The summed E-state index contributed by atoms with van der Waals surface area (Å²) >= 11 is 1.39. The molecule has 0 atom stereocenters. The Labute approximate surface area is 114 Å². The molecule has 0 fully saturated rings. The zero-order valence-corrected chi connectivity index (χ0v) is 11.2. The molecule has 3 aromatic rings. The van der Waals surface area contributed by atoms with Gasteiger partial charge in [-0.3, -0.25) is 8.75 Å². The Bertz CT molecular complexity index is 759. The van der Waals surface area contributed by atoms with Gasteiger partial charge in [0.1, 0.15) is 10.6 Å². The Kier molecular flexibility index (Phi) is 3.05. The minimum Gasteiger partial charge on any atom is -0.497 e. The third kappa shape index (κ3) is 2.24. The molecule has 2 heterocycles. The van der Waals surface area contributed by atoms with Crippen LogP contribution in [0.15, 0.2) is 47.4 Å². The van der Waals surface area contributed by atoms with E-state index in [9.17, 15) is 4.79 Å². The predicted molar refractivity (Wildman–Crippen MR) is 76.0 cm³/mol. The van der Waals surface area contributed by atoms with Crippen LogP contribution in [0, 0.1) is 0 Å². The van der Waals surface area contributed by atoms with Crippen molar-refractivity contribution in [3.05, 3.63) is 58.5 Å². The smallest absolute Gasteiger partial charge is 0.270 e. The number of benzene rings is 1. The minimum atomic E-state index is 0.0175. The van der Waals surface area contributed by atoms with E-state index in [-0.39, 0.29) is 5.56 Å². The summed E-state index contributed by atoms with van der Waals surface area (Å²) in [6.45, 7) is 0.559. The van der Waals surface area contributed by atoms with Crippen LogP contribution in [0.3, 0.4) is 0 Å². The molecular formula is C14H12N2O2S. The van der Waals surface area contributed by atoms with Crippen molar-refractivity contribution in [2.24, 2.45) is 0 Å². The van der Waals surface area contributed by atoms with Crippen molar-refractivity contribution >= 4 is 21.7 Å². The van der Waals surface area contributed by atoms with Gasteiger partial charge in [-0.25, -0.2) is 4.98 Å². The first-order valence-corrected chi connectivity index (χ1v) is 6.63. The second-order valence-electron chi connectivity index (χ2n) is 4.14. The molecule has 0 unspecified atom stereocenters. The number of rotatable bonds is 3. The Balaban J connectivity index is 1.96. The molecule has 0 saturated heterocycles. The summed E-state index contributed by atoms with van der Waals surface area (Å²) in [5, 5.41) is 0.681. The van der Waals surface area contributed by atoms with E-state index in [1.54, 1.807) is 23.3 Å². The number of nitrogens with zero attached hydrogens (tertiary/aromatic N) is 2. The number of pyridine rings is 1. The highest BCUT2D eigenvalue weighted by molar-refractivity contribution is 7.13. The zero-order valence-electron chi connectivity index (χ0n) is 10.4. The number of ether oxygens (including phenoxy) is 1. The summed E-state index contributed by atoms with van der Waals surface area (Å²) < 4.78 is 6.84. The standard InChI is InChI=1S/C14H12N2O2S/c1-18-11-6-4-10(5-7-11)9-16-14(17)12-3-2-8-15-13(12)19-16/h2-8H,9H2,1H3. The number of fused-ring (bicyclic) bond motifs is 1. The van der Waals surface area contributed by atoms with Crippen molar-refractivity contribution in [2.45, 2.75) is 6.54 Å². The van der Waals surface area contributed by atoms with Crippen molar-refractivity contribution < 1.29 is 4.74 Å². The van der Waals surface area contributed by atoms with Gasteiger partial charge in [0.2, 0.25) is 0 Å². The van der Waals surface area contributed by atoms with E-state index in [2.05, 4.69) is 4.98 Å². The third-order valence-electron chi connectivity index (χ3n) is 2.91. The van der Waals surface area contributed by atoms with Crippen molar-refractivity contribution in [3.8, 4) is 5.75 Å². The van der Waals surface area contributed by atoms with Crippen LogP contribution in [0.25, 0.3) is 10.2 Å². The first-order chi connectivity index (χ1) is 9.28. The molecular weight excluding hydrogens is 260 g/mol. The summed E-state index contributed by atoms with van der Waals surface area (Å²) in [5.74, 6) is 0.814. The zero-order chi connectivity index (χ0) is 13.2. The first kappa shape index (κ1) is 11.9. The first-order valence-electron chi connectivity index (χ1n) is 5.86. The van der Waals surface area contributed by atoms with Gasteiger partial charge in [0.15, 0.2) is 0 Å². The summed E-state index contributed by atoms with van der Waals surface area (Å²) in [6.07, 6.45) is 1.70. The molecule has 0 N–H and O–H groups in total. The van der Waals surface area contributed by atoms with E-state index in [0.29, 0.717) is 11.9 Å². The topological polar surface area (TPSA) is 44.1 Å². The van der Waals surface area contributed by atoms with Gasteiger partial charge in [-0.05, 0) is 41.4 Å². The van der Waals surface area contributed by atoms with Crippen LogP contribution in [0.2, 0.25) is 0 Å². The molecule has 0 bridgehead atoms. The second-order valence-corrected chi connectivity index (χ2v) is 5.15. The fourth-order valence-corrected chi connectivity index (χ4v) is 2.87. The molecule has 0 spiro atoms. The summed E-state index contributed by atoms with van der Waals surface area (Å²) in [6, 6.07) is 11.3. The van der Waals surface area contributed by atoms with Crippen LogP contribution in [0.4, 0.5) is 0 Å². The van der Waals surface area contributed by atoms with Crippen molar-refractivity contribution in [1.29, 1.82) is 0 Å². The van der Waals surface area contributed by atoms with E-state index < -0.39 is 0 Å². The summed E-state index contributed by atoms with van der Waals surface area (Å²) in [7, 11) is 1.64. The van der Waals surface area contributed by atoms with Crippen LogP contribution < -0.4 is 10.3 Å². The van der Waals surface area contributed by atoms with E-state index in [1.165, 1.54) is 11.5 Å². The highest BCUT2D eigenvalue weighted by Crippen LogP contribution is 2.16. The average molecular weight is 272 g/mol. The lowest BCUT2D eigenvalue weighted by atomic mass is 10.2. The SMILES string of the molecule is COc1ccc(Cn2sc3ncccc3c2=O)cc1. The summed E-state index contributed by atoms with van der Waals surface area (Å²) in [5.41, 5.74) is 1.08. The van der Waals surface area contributed by atoms with Crippen LogP contribution in [0.5, 0.6) is 5.75 Å². The Morgan fingerprint density at radius 3 is 2.74 bits per heavy atom. The monoisotopic (exact) mass is 272 g/mol. The lowest BCUT2D eigenvalue weighted by Gasteiger charge is -2.03. The van der Waals surface area contributed by atoms with Gasteiger partial charge in [-0.15, -0.1) is 0 Å². The van der Waals surface area contributed by atoms with Crippen LogP contribution in [0.1, 0.15) is 5.56 Å². The quantitative estimate of drug-likeness (QED) is 0.736. The van der Waals surface area contributed by atoms with E-state index >= 15 is 0 Å². The maximum atomic E-state index is 12.2. The van der Waals surface area contributed by atoms with Crippen molar-refractivity contribution in [1.82, 2.24) is 8.94 Å². The molecule has 2 aromatic heterocycles. The van der Waals surface area contributed by atoms with Crippen molar-refractivity contribution in [2.75, 3.05) is 7.11 Å². The van der Waals surface area contributed by atoms with Gasteiger partial charge < -0.3 is 4.74 Å². The minimum absolute atomic E-state index is 0.0175. The lowest BCUT2D eigenvalue weighted by Crippen LogP contribution is -2.13. The van der Waals surface area contributed by atoms with E-state index in [1.807, 2.05) is 30.3 Å². The second kappa shape index (κ2) is 4.85. The maximum absolute atomic E-state index is 12.2. The molecule has 0 aliphatic carbocycles. The van der Waals surface area contributed by atoms with Crippen LogP contribution in [-0.4, -0.2) is 16.1 Å². The highest BCUT2D eigenvalue weighted by Gasteiger charge is 2.08. The Hall–Kier alpha value is -2.14. The fourth-order valence-electron chi connectivity index (χ4n) is 1.91. The van der Waals surface area contributed by atoms with E-state index in [0.717, 1.165) is 16.1 Å². The van der Waals surface area contributed by atoms with Gasteiger partial charge in [0, 0.05) is 6.20 Å². The normalized spacial score (nSPS) is 10.8. The molecule has 96 valence electrons. The average Bonchev–Trinajstić information content (AvgIpc) is 2.77. The largest absolute Gasteiger partial charge is 0.497 e. The van der Waals surface area contributed by atoms with E-state index in [4.69, 9.17) is 4.74 Å². The molecule has 0 aliphatic rings. The number of hydrogen-bond acceptors (Lipinski definition) is 4. The predicted octanol–water partition coefficient (Wildman–Crippen LogP) is 2.51. The van der Waals surface area contributed by atoms with Crippen LogP contribution in [-0.2, 0) is 6.54 Å². The van der Waals surface area contributed by atoms with Crippen molar-refractivity contribution in [3.63, 3.8) is 0 Å². The van der Waals surface area contributed by atoms with Gasteiger partial charge in [0.05, 0.1) is 19.0 Å². The molecule has 1 aromatic carbocycles. The molecule has 3 rings (SSSR count). The Morgan fingerprint density at radius 1 is 1.26 bits per heavy atom. The molecule has 0 radical (unpaired) electrons. The molecule has 0 saturated carbocycles. The summed E-state index contributed by atoms with van der Waals surface area (Å²) in [4.78, 5) is 17.2. The molecule has 5 heteroatoms. The highest BCUT2D eigenvalue weighted by atomic mass is 32.1. The molecule has 0 aliphatic heterocycles. The lowest BCUT2D eigenvalue weighted by molar-refractivity contribution is 0.414. The van der Waals surface area contributed by atoms with Gasteiger partial charge in [-0.1, -0.05) is 12.1 Å². The number of aromatic nitrogens is 2. The maximum Gasteiger partial charge on any atom is 0.270 e. The third-order valence-corrected chi connectivity index (χ3v) is 3.92. The number of hydrogen-bond donors (Lipinski definition) is 0. The van der Waals surface area contributed by atoms with Gasteiger partial charge >= 0.3 is 0 Å². The van der Waals surface area contributed by atoms with Gasteiger partial charge in [-0.2, -0.15) is 0 Å². The molecule has 19 heavy (non-hydrogen) atoms.